The van der Waals surface area contributed by atoms with Gasteiger partial charge in [0.05, 0.1) is 19.8 Å². The minimum Gasteiger partial charge on any atom is -0.381 e. The molecule has 3 heterocycles. The van der Waals surface area contributed by atoms with Crippen LogP contribution >= 0.6 is 0 Å². The minimum atomic E-state index is 0.497. The number of ether oxygens (including phenoxy) is 2. The molecule has 4 atom stereocenters. The Bertz CT molecular complexity index is 558. The van der Waals surface area contributed by atoms with Gasteiger partial charge >= 0.3 is 0 Å². The van der Waals surface area contributed by atoms with Crippen LogP contribution in [0.4, 0.5) is 0 Å². The molecule has 1 aromatic rings. The molecule has 0 aliphatic carbocycles. The maximum absolute atomic E-state index is 5.70. The molecule has 0 spiro atoms. The van der Waals surface area contributed by atoms with Gasteiger partial charge in [0, 0.05) is 63.4 Å². The first kappa shape index (κ1) is 19.3. The summed E-state index contributed by atoms with van der Waals surface area (Å²) >= 11 is 0. The number of hydrogen-bond donors (Lipinski definition) is 1. The number of rotatable bonds is 7. The lowest BCUT2D eigenvalue weighted by atomic mass is 9.96. The van der Waals surface area contributed by atoms with Gasteiger partial charge in [-0.1, -0.05) is 30.3 Å². The van der Waals surface area contributed by atoms with E-state index < -0.39 is 0 Å². The average Bonchev–Trinajstić information content (AvgIpc) is 3.42. The zero-order chi connectivity index (χ0) is 18.5. The summed E-state index contributed by atoms with van der Waals surface area (Å²) in [6.45, 7) is 11.5. The second-order valence-corrected chi connectivity index (χ2v) is 8.31. The Morgan fingerprint density at radius 2 is 1.81 bits per heavy atom. The third-order valence-electron chi connectivity index (χ3n) is 6.69. The van der Waals surface area contributed by atoms with Gasteiger partial charge in [-0.2, -0.15) is 0 Å². The van der Waals surface area contributed by atoms with Crippen molar-refractivity contribution in [3.05, 3.63) is 35.9 Å². The van der Waals surface area contributed by atoms with Crippen molar-refractivity contribution >= 4 is 0 Å². The molecule has 1 N–H and O–H groups in total. The van der Waals surface area contributed by atoms with Crippen LogP contribution < -0.4 is 5.32 Å². The highest BCUT2D eigenvalue weighted by molar-refractivity contribution is 5.18. The first-order valence-electron chi connectivity index (χ1n) is 10.7. The van der Waals surface area contributed by atoms with Gasteiger partial charge in [0.2, 0.25) is 0 Å². The molecule has 5 nitrogen and oxygen atoms in total. The fourth-order valence-corrected chi connectivity index (χ4v) is 4.89. The van der Waals surface area contributed by atoms with Gasteiger partial charge in [-0.15, -0.1) is 0 Å². The van der Waals surface area contributed by atoms with Crippen molar-refractivity contribution < 1.29 is 9.47 Å². The second kappa shape index (κ2) is 9.48. The van der Waals surface area contributed by atoms with Crippen molar-refractivity contribution in [1.29, 1.82) is 0 Å². The van der Waals surface area contributed by atoms with E-state index in [1.165, 1.54) is 24.9 Å². The highest BCUT2D eigenvalue weighted by atomic mass is 16.5. The summed E-state index contributed by atoms with van der Waals surface area (Å²) in [6.07, 6.45) is 2.44. The van der Waals surface area contributed by atoms with Gasteiger partial charge < -0.3 is 14.8 Å². The SMILES string of the molecule is C[C@H](c1ccccc1)N1CC[C@H](NC[C@@H]([C@@H]2CCOC2)N2CCOCC2)C1. The van der Waals surface area contributed by atoms with Gasteiger partial charge in [0.1, 0.15) is 0 Å². The molecule has 0 aromatic heterocycles. The molecule has 0 saturated carbocycles. The zero-order valence-corrected chi connectivity index (χ0v) is 16.7. The normalized spacial score (nSPS) is 29.8. The van der Waals surface area contributed by atoms with Gasteiger partial charge in [0.25, 0.3) is 0 Å². The van der Waals surface area contributed by atoms with E-state index in [1.807, 2.05) is 0 Å². The van der Waals surface area contributed by atoms with Gasteiger partial charge in [-0.05, 0) is 25.3 Å². The predicted molar refractivity (Wildman–Crippen MR) is 108 cm³/mol. The molecule has 3 aliphatic heterocycles. The van der Waals surface area contributed by atoms with Gasteiger partial charge in [0.15, 0.2) is 0 Å². The maximum atomic E-state index is 5.70. The van der Waals surface area contributed by atoms with E-state index in [2.05, 4.69) is 52.4 Å². The van der Waals surface area contributed by atoms with Crippen LogP contribution in [0.25, 0.3) is 0 Å². The Morgan fingerprint density at radius 3 is 2.56 bits per heavy atom. The number of morpholine rings is 1. The average molecular weight is 374 g/mol. The summed E-state index contributed by atoms with van der Waals surface area (Å²) in [5.74, 6) is 0.663. The number of nitrogens with one attached hydrogen (secondary N) is 1. The monoisotopic (exact) mass is 373 g/mol. The summed E-state index contributed by atoms with van der Waals surface area (Å²) in [5.41, 5.74) is 1.42. The van der Waals surface area contributed by atoms with Crippen molar-refractivity contribution in [3.63, 3.8) is 0 Å². The van der Waals surface area contributed by atoms with Crippen LogP contribution in [0.3, 0.4) is 0 Å². The Morgan fingerprint density at radius 1 is 1.00 bits per heavy atom. The summed E-state index contributed by atoms with van der Waals surface area (Å²) < 4.78 is 11.3. The summed E-state index contributed by atoms with van der Waals surface area (Å²) in [5, 5.41) is 3.91. The van der Waals surface area contributed by atoms with Crippen LogP contribution in [0, 0.1) is 5.92 Å². The lowest BCUT2D eigenvalue weighted by Gasteiger charge is -2.38. The fourth-order valence-electron chi connectivity index (χ4n) is 4.89. The molecule has 0 unspecified atom stereocenters. The van der Waals surface area contributed by atoms with Crippen molar-refractivity contribution in [2.24, 2.45) is 5.92 Å². The maximum Gasteiger partial charge on any atom is 0.0594 e. The molecule has 0 bridgehead atoms. The minimum absolute atomic E-state index is 0.497. The molecule has 5 heteroatoms. The quantitative estimate of drug-likeness (QED) is 0.793. The summed E-state index contributed by atoms with van der Waals surface area (Å²) in [4.78, 5) is 5.25. The molecule has 3 aliphatic rings. The highest BCUT2D eigenvalue weighted by Gasteiger charge is 2.33. The Kier molecular flexibility index (Phi) is 6.79. The smallest absolute Gasteiger partial charge is 0.0594 e. The molecular formula is C22H35N3O2. The largest absolute Gasteiger partial charge is 0.381 e. The van der Waals surface area contributed by atoms with Crippen LogP contribution in [0.15, 0.2) is 30.3 Å². The van der Waals surface area contributed by atoms with Crippen LogP contribution in [0.1, 0.15) is 31.4 Å². The Hall–Kier alpha value is -0.980. The summed E-state index contributed by atoms with van der Waals surface area (Å²) in [6, 6.07) is 12.6. The van der Waals surface area contributed by atoms with E-state index in [4.69, 9.17) is 9.47 Å². The molecule has 150 valence electrons. The van der Waals surface area contributed by atoms with Crippen molar-refractivity contribution in [2.75, 3.05) is 59.2 Å². The molecule has 1 aromatic carbocycles. The van der Waals surface area contributed by atoms with Crippen LogP contribution in [0.2, 0.25) is 0 Å². The second-order valence-electron chi connectivity index (χ2n) is 8.31. The molecule has 0 amide bonds. The molecule has 27 heavy (non-hydrogen) atoms. The lowest BCUT2D eigenvalue weighted by molar-refractivity contribution is 0.000855. The third kappa shape index (κ3) is 4.90. The third-order valence-corrected chi connectivity index (χ3v) is 6.69. The molecular weight excluding hydrogens is 338 g/mol. The molecule has 4 rings (SSSR count). The van der Waals surface area contributed by atoms with Crippen molar-refractivity contribution in [1.82, 2.24) is 15.1 Å². The molecule has 3 fully saturated rings. The van der Waals surface area contributed by atoms with E-state index in [0.717, 1.165) is 52.6 Å². The lowest BCUT2D eigenvalue weighted by Crippen LogP contribution is -2.53. The number of hydrogen-bond acceptors (Lipinski definition) is 5. The zero-order valence-electron chi connectivity index (χ0n) is 16.7. The van der Waals surface area contributed by atoms with Crippen molar-refractivity contribution in [3.8, 4) is 0 Å². The number of likely N-dealkylation sites (tertiary alicyclic amines) is 1. The molecule has 0 radical (unpaired) electrons. The number of nitrogens with zero attached hydrogens (tertiary/aromatic N) is 2. The Balaban J connectivity index is 1.30. The first-order valence-corrected chi connectivity index (χ1v) is 10.7. The fraction of sp³-hybridized carbons (Fsp3) is 0.727. The van der Waals surface area contributed by atoms with Crippen molar-refractivity contribution in [2.45, 2.75) is 37.9 Å². The molecule has 3 saturated heterocycles. The van der Waals surface area contributed by atoms with E-state index in [1.54, 1.807) is 0 Å². The standard InChI is InChI=1S/C22H35N3O2/c1-18(19-5-3-2-4-6-19)25-9-7-21(16-25)23-15-22(20-8-12-27-17-20)24-10-13-26-14-11-24/h2-6,18,20-23H,7-17H2,1H3/t18-,20-,21+,22+/m1/s1. The predicted octanol–water partition coefficient (Wildman–Crippen LogP) is 2.15. The van der Waals surface area contributed by atoms with Crippen LogP contribution in [0.5, 0.6) is 0 Å². The van der Waals surface area contributed by atoms with E-state index in [9.17, 15) is 0 Å². The van der Waals surface area contributed by atoms with Gasteiger partial charge in [-0.25, -0.2) is 0 Å². The van der Waals surface area contributed by atoms with Crippen LogP contribution in [-0.2, 0) is 9.47 Å². The van der Waals surface area contributed by atoms with Gasteiger partial charge in [-0.3, -0.25) is 9.80 Å². The first-order chi connectivity index (χ1) is 13.3. The Labute approximate surface area is 164 Å². The van der Waals surface area contributed by atoms with E-state index >= 15 is 0 Å². The number of benzene rings is 1. The highest BCUT2D eigenvalue weighted by Crippen LogP contribution is 2.26. The van der Waals surface area contributed by atoms with E-state index in [0.29, 0.717) is 24.0 Å². The topological polar surface area (TPSA) is 37.0 Å². The van der Waals surface area contributed by atoms with Crippen LogP contribution in [-0.4, -0.2) is 81.0 Å². The van der Waals surface area contributed by atoms with E-state index in [-0.39, 0.29) is 0 Å². The summed E-state index contributed by atoms with van der Waals surface area (Å²) in [7, 11) is 0.